The molecule has 1 fully saturated rings. The number of aromatic nitrogens is 2. The number of ether oxygens (including phenoxy) is 1. The molecule has 0 N–H and O–H groups in total. The van der Waals surface area contributed by atoms with E-state index < -0.39 is 0 Å². The number of hydrogen-bond acceptors (Lipinski definition) is 7. The van der Waals surface area contributed by atoms with Gasteiger partial charge in [0.25, 0.3) is 5.91 Å². The third-order valence-electron chi connectivity index (χ3n) is 6.54. The fourth-order valence-electron chi connectivity index (χ4n) is 4.69. The van der Waals surface area contributed by atoms with Crippen LogP contribution in [-0.2, 0) is 13.1 Å². The number of fused-ring (bicyclic) bond motifs is 1. The number of Topliss-reactive ketones (excluding diaryl/α,β-unsaturated/α-hetero) is 1. The fourth-order valence-corrected chi connectivity index (χ4v) is 4.69. The first-order chi connectivity index (χ1) is 17.1. The van der Waals surface area contributed by atoms with Crippen LogP contribution >= 0.6 is 0 Å². The van der Waals surface area contributed by atoms with Crippen molar-refractivity contribution in [2.45, 2.75) is 20.0 Å². The molecule has 8 heteroatoms. The normalized spacial score (nSPS) is 16.3. The Morgan fingerprint density at radius 1 is 0.914 bits per heavy atom. The van der Waals surface area contributed by atoms with Gasteiger partial charge in [0.15, 0.2) is 5.78 Å². The molecule has 5 rings (SSSR count). The number of ketones is 1. The molecule has 0 spiro atoms. The highest BCUT2D eigenvalue weighted by Crippen LogP contribution is 2.27. The van der Waals surface area contributed by atoms with Gasteiger partial charge in [0.1, 0.15) is 12.4 Å². The molecule has 2 aliphatic rings. The van der Waals surface area contributed by atoms with Crippen LogP contribution in [0.3, 0.4) is 0 Å². The lowest BCUT2D eigenvalue weighted by molar-refractivity contribution is 0.0729. The van der Waals surface area contributed by atoms with Crippen LogP contribution in [0, 0.1) is 0 Å². The van der Waals surface area contributed by atoms with Crippen molar-refractivity contribution in [2.75, 3.05) is 44.2 Å². The lowest BCUT2D eigenvalue weighted by Crippen LogP contribution is -2.46. The van der Waals surface area contributed by atoms with Gasteiger partial charge >= 0.3 is 0 Å². The minimum absolute atomic E-state index is 0.110. The second-order valence-electron chi connectivity index (χ2n) is 8.93. The van der Waals surface area contributed by atoms with Crippen molar-refractivity contribution in [1.29, 1.82) is 0 Å². The maximum atomic E-state index is 13.3. The number of carbonyl (C=O) groups is 2. The summed E-state index contributed by atoms with van der Waals surface area (Å²) in [5.74, 6) is 1.35. The highest BCUT2D eigenvalue weighted by atomic mass is 16.5. The zero-order chi connectivity index (χ0) is 24.2. The smallest absolute Gasteiger partial charge is 0.255 e. The lowest BCUT2D eigenvalue weighted by atomic mass is 10.0. The minimum Gasteiger partial charge on any atom is -0.491 e. The van der Waals surface area contributed by atoms with Gasteiger partial charge in [-0.2, -0.15) is 0 Å². The van der Waals surface area contributed by atoms with Gasteiger partial charge in [0.2, 0.25) is 5.95 Å². The number of carbonyl (C=O) groups excluding carboxylic acids is 2. The molecule has 2 aliphatic heterocycles. The van der Waals surface area contributed by atoms with E-state index in [2.05, 4.69) is 31.9 Å². The number of hydrogen-bond donors (Lipinski definition) is 0. The van der Waals surface area contributed by atoms with E-state index in [4.69, 9.17) is 4.74 Å². The quantitative estimate of drug-likeness (QED) is 0.529. The van der Waals surface area contributed by atoms with E-state index in [0.717, 1.165) is 50.0 Å². The van der Waals surface area contributed by atoms with E-state index in [1.165, 1.54) is 12.5 Å². The Balaban J connectivity index is 1.27. The van der Waals surface area contributed by atoms with Crippen LogP contribution in [0.1, 0.15) is 38.8 Å². The van der Waals surface area contributed by atoms with Crippen molar-refractivity contribution in [1.82, 2.24) is 19.8 Å². The van der Waals surface area contributed by atoms with Gasteiger partial charge in [-0.1, -0.05) is 24.3 Å². The van der Waals surface area contributed by atoms with E-state index >= 15 is 0 Å². The first-order valence-corrected chi connectivity index (χ1v) is 12.0. The van der Waals surface area contributed by atoms with Crippen LogP contribution in [0.25, 0.3) is 0 Å². The summed E-state index contributed by atoms with van der Waals surface area (Å²) in [6.07, 6.45) is 3.55. The molecule has 180 valence electrons. The summed E-state index contributed by atoms with van der Waals surface area (Å²) in [5.41, 5.74) is 3.08. The summed E-state index contributed by atoms with van der Waals surface area (Å²) in [5, 5.41) is 0. The van der Waals surface area contributed by atoms with Crippen molar-refractivity contribution in [3.8, 4) is 5.75 Å². The van der Waals surface area contributed by atoms with E-state index in [1.807, 2.05) is 12.1 Å². The third-order valence-corrected chi connectivity index (χ3v) is 6.54. The molecule has 1 amide bonds. The molecule has 1 saturated heterocycles. The predicted molar refractivity (Wildman–Crippen MR) is 133 cm³/mol. The van der Waals surface area contributed by atoms with Crippen LogP contribution < -0.4 is 9.64 Å². The summed E-state index contributed by atoms with van der Waals surface area (Å²) < 4.78 is 5.96. The van der Waals surface area contributed by atoms with Gasteiger partial charge in [-0.3, -0.25) is 14.5 Å². The van der Waals surface area contributed by atoms with Crippen LogP contribution in [0.2, 0.25) is 0 Å². The van der Waals surface area contributed by atoms with Gasteiger partial charge in [-0.25, -0.2) is 9.97 Å². The maximum absolute atomic E-state index is 13.3. The Morgan fingerprint density at radius 3 is 2.40 bits per heavy atom. The van der Waals surface area contributed by atoms with Gasteiger partial charge in [0, 0.05) is 62.8 Å². The van der Waals surface area contributed by atoms with Crippen molar-refractivity contribution in [2.24, 2.45) is 0 Å². The molecule has 0 radical (unpaired) electrons. The molecule has 1 aromatic heterocycles. The molecular weight excluding hydrogens is 442 g/mol. The van der Waals surface area contributed by atoms with Crippen LogP contribution in [0.5, 0.6) is 5.75 Å². The molecule has 0 aliphatic carbocycles. The number of nitrogens with zero attached hydrogens (tertiary/aromatic N) is 5. The maximum Gasteiger partial charge on any atom is 0.255 e. The van der Waals surface area contributed by atoms with E-state index in [1.54, 1.807) is 41.6 Å². The largest absolute Gasteiger partial charge is 0.491 e. The average molecular weight is 472 g/mol. The molecule has 3 aromatic rings. The molecule has 0 atom stereocenters. The molecule has 3 heterocycles. The van der Waals surface area contributed by atoms with Crippen molar-refractivity contribution in [3.05, 3.63) is 83.2 Å². The summed E-state index contributed by atoms with van der Waals surface area (Å²) in [7, 11) is 0. The van der Waals surface area contributed by atoms with Gasteiger partial charge in [-0.15, -0.1) is 0 Å². The molecule has 8 nitrogen and oxygen atoms in total. The second kappa shape index (κ2) is 10.2. The molecule has 2 aromatic carbocycles. The van der Waals surface area contributed by atoms with Crippen molar-refractivity contribution in [3.63, 3.8) is 0 Å². The van der Waals surface area contributed by atoms with Crippen molar-refractivity contribution < 1.29 is 14.3 Å². The monoisotopic (exact) mass is 471 g/mol. The third kappa shape index (κ3) is 5.17. The second-order valence-corrected chi connectivity index (χ2v) is 8.93. The van der Waals surface area contributed by atoms with E-state index in [9.17, 15) is 9.59 Å². The molecular formula is C27H29N5O3. The first kappa shape index (κ1) is 23.0. The van der Waals surface area contributed by atoms with Crippen LogP contribution in [-0.4, -0.2) is 70.8 Å². The Kier molecular flexibility index (Phi) is 6.72. The summed E-state index contributed by atoms with van der Waals surface area (Å²) in [6, 6.07) is 15.1. The summed E-state index contributed by atoms with van der Waals surface area (Å²) >= 11 is 0. The Morgan fingerprint density at radius 2 is 1.66 bits per heavy atom. The van der Waals surface area contributed by atoms with Gasteiger partial charge in [-0.05, 0) is 36.8 Å². The zero-order valence-electron chi connectivity index (χ0n) is 19.9. The summed E-state index contributed by atoms with van der Waals surface area (Å²) in [4.78, 5) is 40.5. The minimum atomic E-state index is -0.142. The highest BCUT2D eigenvalue weighted by Gasteiger charge is 2.25. The van der Waals surface area contributed by atoms with Gasteiger partial charge in [0.05, 0.1) is 12.1 Å². The Bertz CT molecular complexity index is 1210. The fraction of sp³-hybridized carbons (Fsp3) is 0.333. The van der Waals surface area contributed by atoms with Crippen LogP contribution in [0.4, 0.5) is 5.95 Å². The standard InChI is InChI=1S/C27H29N5O3/c1-20(33)23-5-2-3-6-24(23)26(34)32-15-16-35-25-8-7-21(17-22(25)19-32)18-30-11-13-31(14-12-30)27-28-9-4-10-29-27/h2-10,17H,11-16,18-19H2,1H3. The number of anilines is 1. The number of amides is 1. The topological polar surface area (TPSA) is 78.9 Å². The van der Waals surface area contributed by atoms with E-state index in [0.29, 0.717) is 30.8 Å². The molecule has 0 bridgehead atoms. The Hall–Kier alpha value is -3.78. The van der Waals surface area contributed by atoms with Crippen LogP contribution in [0.15, 0.2) is 60.9 Å². The highest BCUT2D eigenvalue weighted by molar-refractivity contribution is 6.07. The van der Waals surface area contributed by atoms with Crippen molar-refractivity contribution >= 4 is 17.6 Å². The lowest BCUT2D eigenvalue weighted by Gasteiger charge is -2.34. The molecule has 35 heavy (non-hydrogen) atoms. The van der Waals surface area contributed by atoms with E-state index in [-0.39, 0.29) is 11.7 Å². The number of piperazine rings is 1. The molecule has 0 unspecified atom stereocenters. The predicted octanol–water partition coefficient (Wildman–Crippen LogP) is 3.04. The number of rotatable bonds is 5. The summed E-state index contributed by atoms with van der Waals surface area (Å²) in [6.45, 7) is 7.29. The zero-order valence-corrected chi connectivity index (χ0v) is 19.9. The SMILES string of the molecule is CC(=O)c1ccccc1C(=O)N1CCOc2ccc(CN3CCN(c4ncccn4)CC3)cc2C1. The Labute approximate surface area is 205 Å². The van der Waals surface area contributed by atoms with Gasteiger partial charge < -0.3 is 14.5 Å². The number of benzene rings is 2. The first-order valence-electron chi connectivity index (χ1n) is 12.0. The molecule has 0 saturated carbocycles. The average Bonchev–Trinajstić information content (AvgIpc) is 3.11.